The van der Waals surface area contributed by atoms with Gasteiger partial charge < -0.3 is 15.5 Å². The first-order chi connectivity index (χ1) is 12.0. The number of fused-ring (bicyclic) bond motifs is 1. The second-order valence-corrected chi connectivity index (χ2v) is 6.02. The number of rotatable bonds is 4. The number of carbonyl (C=O) groups is 2. The van der Waals surface area contributed by atoms with Crippen molar-refractivity contribution in [1.29, 1.82) is 0 Å². The lowest BCUT2D eigenvalue weighted by atomic mass is 9.98. The number of aromatic hydroxyl groups is 1. The highest BCUT2D eigenvalue weighted by molar-refractivity contribution is 9.10. The molecule has 0 radical (unpaired) electrons. The minimum Gasteiger partial charge on any atom is -0.505 e. The number of aromatic nitrogens is 1. The van der Waals surface area contributed by atoms with Crippen LogP contribution in [-0.2, 0) is 4.79 Å². The number of carbonyl (C=O) groups excluding carboxylic acids is 1. The van der Waals surface area contributed by atoms with Gasteiger partial charge >= 0.3 is 5.97 Å². The average Bonchev–Trinajstić information content (AvgIpc) is 2.62. The number of amides is 1. The number of halogens is 1. The number of hydrogen-bond acceptors (Lipinski definition) is 4. The highest BCUT2D eigenvalue weighted by Gasteiger charge is 2.20. The van der Waals surface area contributed by atoms with Crippen LogP contribution in [0.5, 0.6) is 5.75 Å². The monoisotopic (exact) mass is 400 g/mol. The largest absolute Gasteiger partial charge is 0.505 e. The summed E-state index contributed by atoms with van der Waals surface area (Å²) in [5.74, 6) is -2.23. The quantitative estimate of drug-likeness (QED) is 0.584. The summed E-state index contributed by atoms with van der Waals surface area (Å²) in [6.07, 6.45) is 0. The molecule has 1 heterocycles. The maximum Gasteiger partial charge on any atom is 0.322 e. The molecule has 0 saturated carbocycles. The standard InChI is InChI=1S/C18H13BrN2O4/c19-17-14-11(10-5-2-1-3-6-10)7-4-8-12(14)16(24)15(21-17)18(25)20-9-13(22)23/h1-8,24H,9H2,(H,20,25)(H,22,23). The molecule has 0 atom stereocenters. The van der Waals surface area contributed by atoms with Crippen LogP contribution in [0.4, 0.5) is 0 Å². The minimum absolute atomic E-state index is 0.231. The van der Waals surface area contributed by atoms with Gasteiger partial charge in [0, 0.05) is 10.8 Å². The minimum atomic E-state index is -1.18. The lowest BCUT2D eigenvalue weighted by Gasteiger charge is -2.12. The molecular formula is C18H13BrN2O4. The van der Waals surface area contributed by atoms with Crippen molar-refractivity contribution in [2.45, 2.75) is 0 Å². The summed E-state index contributed by atoms with van der Waals surface area (Å²) < 4.78 is 0.389. The molecule has 3 aromatic rings. The van der Waals surface area contributed by atoms with Gasteiger partial charge in [-0.25, -0.2) is 4.98 Å². The number of carboxylic acid groups (broad SMARTS) is 1. The molecule has 0 spiro atoms. The molecule has 6 nitrogen and oxygen atoms in total. The summed E-state index contributed by atoms with van der Waals surface area (Å²) in [4.78, 5) is 26.8. The molecule has 0 aliphatic carbocycles. The summed E-state index contributed by atoms with van der Waals surface area (Å²) in [6, 6.07) is 14.9. The molecule has 126 valence electrons. The number of benzene rings is 2. The number of nitrogens with zero attached hydrogens (tertiary/aromatic N) is 1. The third-order valence-corrected chi connectivity index (χ3v) is 4.23. The molecule has 25 heavy (non-hydrogen) atoms. The van der Waals surface area contributed by atoms with Gasteiger partial charge in [0.05, 0.1) is 0 Å². The van der Waals surface area contributed by atoms with Crippen molar-refractivity contribution in [1.82, 2.24) is 10.3 Å². The van der Waals surface area contributed by atoms with E-state index in [1.165, 1.54) is 0 Å². The Balaban J connectivity index is 2.16. The fraction of sp³-hybridized carbons (Fsp3) is 0.0556. The Morgan fingerprint density at radius 2 is 1.80 bits per heavy atom. The van der Waals surface area contributed by atoms with Crippen LogP contribution >= 0.6 is 15.9 Å². The molecular weight excluding hydrogens is 388 g/mol. The molecule has 0 unspecified atom stereocenters. The fourth-order valence-electron chi connectivity index (χ4n) is 2.56. The topological polar surface area (TPSA) is 99.5 Å². The van der Waals surface area contributed by atoms with Gasteiger partial charge in [-0.3, -0.25) is 9.59 Å². The van der Waals surface area contributed by atoms with Gasteiger partial charge in [0.1, 0.15) is 11.1 Å². The van der Waals surface area contributed by atoms with Crippen molar-refractivity contribution in [2.75, 3.05) is 6.54 Å². The van der Waals surface area contributed by atoms with Crippen LogP contribution in [0.1, 0.15) is 10.5 Å². The van der Waals surface area contributed by atoms with Crippen LogP contribution in [0.3, 0.4) is 0 Å². The molecule has 3 rings (SSSR count). The fourth-order valence-corrected chi connectivity index (χ4v) is 3.17. The SMILES string of the molecule is O=C(O)CNC(=O)c1nc(Br)c2c(-c3ccccc3)cccc2c1O. The zero-order valence-electron chi connectivity index (χ0n) is 12.9. The maximum atomic E-state index is 12.1. The molecule has 3 N–H and O–H groups in total. The van der Waals surface area contributed by atoms with E-state index >= 15 is 0 Å². The van der Waals surface area contributed by atoms with E-state index in [1.807, 2.05) is 36.4 Å². The van der Waals surface area contributed by atoms with Crippen molar-refractivity contribution in [3.05, 3.63) is 58.8 Å². The van der Waals surface area contributed by atoms with Gasteiger partial charge in [-0.2, -0.15) is 0 Å². The Kier molecular flexibility index (Phi) is 4.67. The number of hydrogen-bond donors (Lipinski definition) is 3. The molecule has 0 aliphatic rings. The summed E-state index contributed by atoms with van der Waals surface area (Å²) in [7, 11) is 0. The van der Waals surface area contributed by atoms with Crippen molar-refractivity contribution >= 4 is 38.6 Å². The predicted molar refractivity (Wildman–Crippen MR) is 96.5 cm³/mol. The van der Waals surface area contributed by atoms with Gasteiger partial charge in [0.15, 0.2) is 11.4 Å². The summed E-state index contributed by atoms with van der Waals surface area (Å²) >= 11 is 3.36. The maximum absolute atomic E-state index is 12.1. The smallest absolute Gasteiger partial charge is 0.322 e. The zero-order chi connectivity index (χ0) is 18.0. The van der Waals surface area contributed by atoms with Crippen LogP contribution in [-0.4, -0.2) is 33.6 Å². The molecule has 0 aliphatic heterocycles. The lowest BCUT2D eigenvalue weighted by Crippen LogP contribution is -2.30. The summed E-state index contributed by atoms with van der Waals surface area (Å²) in [5, 5.41) is 22.5. The van der Waals surface area contributed by atoms with Crippen molar-refractivity contribution in [3.8, 4) is 16.9 Å². The second kappa shape index (κ2) is 6.90. The number of pyridine rings is 1. The summed E-state index contributed by atoms with van der Waals surface area (Å²) in [5.41, 5.74) is 1.56. The molecule has 0 fully saturated rings. The Labute approximate surface area is 151 Å². The first kappa shape index (κ1) is 16.9. The zero-order valence-corrected chi connectivity index (χ0v) is 14.4. The number of nitrogens with one attached hydrogen (secondary N) is 1. The predicted octanol–water partition coefficient (Wildman–Crippen LogP) is 3.18. The first-order valence-electron chi connectivity index (χ1n) is 7.35. The molecule has 1 aromatic heterocycles. The van der Waals surface area contributed by atoms with E-state index in [-0.39, 0.29) is 11.4 Å². The normalized spacial score (nSPS) is 10.6. The Morgan fingerprint density at radius 1 is 1.08 bits per heavy atom. The Bertz CT molecular complexity index is 974. The number of carboxylic acids is 1. The van der Waals surface area contributed by atoms with Crippen molar-refractivity contribution in [3.63, 3.8) is 0 Å². The van der Waals surface area contributed by atoms with Crippen LogP contribution in [0, 0.1) is 0 Å². The first-order valence-corrected chi connectivity index (χ1v) is 8.15. The van der Waals surface area contributed by atoms with Crippen LogP contribution in [0.2, 0.25) is 0 Å². The average molecular weight is 401 g/mol. The van der Waals surface area contributed by atoms with Gasteiger partial charge in [-0.1, -0.05) is 48.5 Å². The highest BCUT2D eigenvalue weighted by atomic mass is 79.9. The van der Waals surface area contributed by atoms with Gasteiger partial charge in [0.2, 0.25) is 0 Å². The third-order valence-electron chi connectivity index (χ3n) is 3.66. The third kappa shape index (κ3) is 3.32. The summed E-state index contributed by atoms with van der Waals surface area (Å²) in [6.45, 7) is -0.556. The van der Waals surface area contributed by atoms with E-state index in [2.05, 4.69) is 26.2 Å². The van der Waals surface area contributed by atoms with E-state index in [1.54, 1.807) is 12.1 Å². The van der Waals surface area contributed by atoms with Crippen LogP contribution in [0.25, 0.3) is 21.9 Å². The molecule has 7 heteroatoms. The van der Waals surface area contributed by atoms with Crippen molar-refractivity contribution < 1.29 is 19.8 Å². The van der Waals surface area contributed by atoms with Gasteiger partial charge in [-0.05, 0) is 27.1 Å². The van der Waals surface area contributed by atoms with E-state index in [0.717, 1.165) is 11.1 Å². The van der Waals surface area contributed by atoms with E-state index in [0.29, 0.717) is 15.4 Å². The Morgan fingerprint density at radius 3 is 2.48 bits per heavy atom. The van der Waals surface area contributed by atoms with Crippen molar-refractivity contribution in [2.24, 2.45) is 0 Å². The molecule has 0 bridgehead atoms. The van der Waals surface area contributed by atoms with E-state index in [9.17, 15) is 14.7 Å². The molecule has 2 aromatic carbocycles. The molecule has 0 saturated heterocycles. The van der Waals surface area contributed by atoms with E-state index in [4.69, 9.17) is 5.11 Å². The van der Waals surface area contributed by atoms with Gasteiger partial charge in [-0.15, -0.1) is 0 Å². The number of aliphatic carboxylic acids is 1. The second-order valence-electron chi connectivity index (χ2n) is 5.27. The molecule has 1 amide bonds. The lowest BCUT2D eigenvalue weighted by molar-refractivity contribution is -0.135. The van der Waals surface area contributed by atoms with Crippen LogP contribution < -0.4 is 5.32 Å². The van der Waals surface area contributed by atoms with Crippen LogP contribution in [0.15, 0.2) is 53.1 Å². The van der Waals surface area contributed by atoms with Gasteiger partial charge in [0.25, 0.3) is 5.91 Å². The Hall–Kier alpha value is -2.93. The van der Waals surface area contributed by atoms with E-state index < -0.39 is 18.4 Å². The highest BCUT2D eigenvalue weighted by Crippen LogP contribution is 2.38.